The Morgan fingerprint density at radius 1 is 1.29 bits per heavy atom. The molecule has 2 saturated heterocycles. The molecule has 90 valence electrons. The van der Waals surface area contributed by atoms with Crippen LogP contribution in [0.1, 0.15) is 24.3 Å². The molecule has 0 aromatic heterocycles. The van der Waals surface area contributed by atoms with Crippen molar-refractivity contribution in [2.24, 2.45) is 5.92 Å². The monoisotopic (exact) mass is 236 g/mol. The highest BCUT2D eigenvalue weighted by Gasteiger charge is 2.53. The van der Waals surface area contributed by atoms with E-state index in [1.165, 1.54) is 6.07 Å². The van der Waals surface area contributed by atoms with Gasteiger partial charge in [0, 0.05) is 5.92 Å². The molecule has 2 aliphatic heterocycles. The highest BCUT2D eigenvalue weighted by atomic mass is 19.1. The van der Waals surface area contributed by atoms with Gasteiger partial charge in [-0.25, -0.2) is 4.39 Å². The maximum Gasteiger partial charge on any atom is 0.309 e. The fraction of sp³-hybridized carbons (Fsp3) is 0.462. The van der Waals surface area contributed by atoms with E-state index in [-0.39, 0.29) is 23.9 Å². The average molecular weight is 236 g/mol. The fourth-order valence-corrected chi connectivity index (χ4v) is 3.13. The van der Waals surface area contributed by atoms with Crippen molar-refractivity contribution in [1.82, 2.24) is 0 Å². The second kappa shape index (κ2) is 3.81. The Morgan fingerprint density at radius 3 is 2.71 bits per heavy atom. The van der Waals surface area contributed by atoms with Gasteiger partial charge < -0.3 is 9.84 Å². The first-order chi connectivity index (χ1) is 8.18. The van der Waals surface area contributed by atoms with Crippen LogP contribution in [0, 0.1) is 11.7 Å². The van der Waals surface area contributed by atoms with Gasteiger partial charge in [-0.3, -0.25) is 4.79 Å². The van der Waals surface area contributed by atoms with Crippen molar-refractivity contribution in [3.8, 4) is 0 Å². The Hall–Kier alpha value is -1.42. The number of hydrogen-bond donors (Lipinski definition) is 1. The SMILES string of the molecule is O=C(O)C1C2CCC(O2)C1c1ccccc1F. The number of carbonyl (C=O) groups is 1. The van der Waals surface area contributed by atoms with Gasteiger partial charge in [-0.1, -0.05) is 18.2 Å². The second-order valence-corrected chi connectivity index (χ2v) is 4.70. The molecular formula is C13H13FO3. The molecule has 1 aromatic rings. The van der Waals surface area contributed by atoms with Crippen LogP contribution < -0.4 is 0 Å². The summed E-state index contributed by atoms with van der Waals surface area (Å²) in [7, 11) is 0. The van der Waals surface area contributed by atoms with E-state index < -0.39 is 11.9 Å². The molecule has 1 N–H and O–H groups in total. The maximum absolute atomic E-state index is 13.8. The summed E-state index contributed by atoms with van der Waals surface area (Å²) in [5.74, 6) is -2.16. The lowest BCUT2D eigenvalue weighted by atomic mass is 9.75. The normalized spacial score (nSPS) is 35.1. The zero-order valence-electron chi connectivity index (χ0n) is 9.17. The Bertz CT molecular complexity index is 460. The summed E-state index contributed by atoms with van der Waals surface area (Å²) < 4.78 is 19.4. The first-order valence-electron chi connectivity index (χ1n) is 5.81. The standard InChI is InChI=1S/C13H13FO3/c14-8-4-2-1-3-7(8)11-9-5-6-10(17-9)12(11)13(15)16/h1-4,9-12H,5-6H2,(H,15,16). The number of halogens is 1. The highest BCUT2D eigenvalue weighted by molar-refractivity contribution is 5.73. The Kier molecular flexibility index (Phi) is 2.40. The zero-order valence-corrected chi connectivity index (χ0v) is 9.17. The summed E-state index contributed by atoms with van der Waals surface area (Å²) in [4.78, 5) is 11.3. The number of carboxylic acids is 1. The van der Waals surface area contributed by atoms with Gasteiger partial charge in [0.05, 0.1) is 18.1 Å². The Balaban J connectivity index is 2.02. The smallest absolute Gasteiger partial charge is 0.309 e. The van der Waals surface area contributed by atoms with E-state index >= 15 is 0 Å². The quantitative estimate of drug-likeness (QED) is 0.856. The highest BCUT2D eigenvalue weighted by Crippen LogP contribution is 2.49. The van der Waals surface area contributed by atoms with Gasteiger partial charge in [-0.2, -0.15) is 0 Å². The molecule has 3 rings (SSSR count). The van der Waals surface area contributed by atoms with Gasteiger partial charge in [0.2, 0.25) is 0 Å². The first-order valence-corrected chi connectivity index (χ1v) is 5.81. The van der Waals surface area contributed by atoms with Crippen molar-refractivity contribution < 1.29 is 19.0 Å². The van der Waals surface area contributed by atoms with Gasteiger partial charge in [-0.05, 0) is 24.5 Å². The lowest BCUT2D eigenvalue weighted by Crippen LogP contribution is -2.32. The molecule has 0 radical (unpaired) electrons. The van der Waals surface area contributed by atoms with E-state index in [0.717, 1.165) is 12.8 Å². The predicted octanol–water partition coefficient (Wildman–Crippen LogP) is 2.17. The molecule has 0 aliphatic carbocycles. The van der Waals surface area contributed by atoms with Crippen LogP contribution in [0.5, 0.6) is 0 Å². The molecule has 4 unspecified atom stereocenters. The summed E-state index contributed by atoms with van der Waals surface area (Å²) >= 11 is 0. The number of aliphatic carboxylic acids is 1. The van der Waals surface area contributed by atoms with E-state index in [4.69, 9.17) is 4.74 Å². The molecule has 0 saturated carbocycles. The van der Waals surface area contributed by atoms with Gasteiger partial charge in [-0.15, -0.1) is 0 Å². The van der Waals surface area contributed by atoms with Crippen LogP contribution in [-0.2, 0) is 9.53 Å². The third-order valence-electron chi connectivity index (χ3n) is 3.82. The number of carboxylic acid groups (broad SMARTS) is 1. The van der Waals surface area contributed by atoms with Crippen LogP contribution in [0.3, 0.4) is 0 Å². The maximum atomic E-state index is 13.8. The molecule has 2 aliphatic rings. The molecule has 2 heterocycles. The van der Waals surface area contributed by atoms with Crippen LogP contribution >= 0.6 is 0 Å². The van der Waals surface area contributed by atoms with Crippen LogP contribution in [0.4, 0.5) is 4.39 Å². The van der Waals surface area contributed by atoms with Crippen LogP contribution in [0.25, 0.3) is 0 Å². The van der Waals surface area contributed by atoms with Gasteiger partial charge in [0.15, 0.2) is 0 Å². The van der Waals surface area contributed by atoms with E-state index in [9.17, 15) is 14.3 Å². The minimum Gasteiger partial charge on any atom is -0.481 e. The Morgan fingerprint density at radius 2 is 2.00 bits per heavy atom. The number of rotatable bonds is 2. The summed E-state index contributed by atoms with van der Waals surface area (Å²) in [6, 6.07) is 6.40. The second-order valence-electron chi connectivity index (χ2n) is 4.70. The lowest BCUT2D eigenvalue weighted by Gasteiger charge is -2.25. The van der Waals surface area contributed by atoms with E-state index in [1.54, 1.807) is 18.2 Å². The molecule has 17 heavy (non-hydrogen) atoms. The van der Waals surface area contributed by atoms with Gasteiger partial charge >= 0.3 is 5.97 Å². The molecule has 3 nitrogen and oxygen atoms in total. The molecule has 4 atom stereocenters. The number of fused-ring (bicyclic) bond motifs is 2. The number of ether oxygens (including phenoxy) is 1. The molecule has 2 fully saturated rings. The van der Waals surface area contributed by atoms with E-state index in [0.29, 0.717) is 5.56 Å². The largest absolute Gasteiger partial charge is 0.481 e. The lowest BCUT2D eigenvalue weighted by molar-refractivity contribution is -0.143. The molecule has 4 heteroatoms. The molecule has 1 aromatic carbocycles. The summed E-state index contributed by atoms with van der Waals surface area (Å²) in [5.41, 5.74) is 0.479. The Labute approximate surface area is 98.2 Å². The minimum absolute atomic E-state index is 0.141. The van der Waals surface area contributed by atoms with Crippen molar-refractivity contribution in [2.75, 3.05) is 0 Å². The van der Waals surface area contributed by atoms with Crippen molar-refractivity contribution >= 4 is 5.97 Å². The van der Waals surface area contributed by atoms with Crippen LogP contribution in [-0.4, -0.2) is 23.3 Å². The third kappa shape index (κ3) is 1.55. The van der Waals surface area contributed by atoms with Crippen molar-refractivity contribution in [3.05, 3.63) is 35.6 Å². The fourth-order valence-electron chi connectivity index (χ4n) is 3.13. The predicted molar refractivity (Wildman–Crippen MR) is 58.2 cm³/mol. The van der Waals surface area contributed by atoms with Crippen molar-refractivity contribution in [1.29, 1.82) is 0 Å². The molecular weight excluding hydrogens is 223 g/mol. The molecule has 0 amide bonds. The summed E-state index contributed by atoms with van der Waals surface area (Å²) in [6.45, 7) is 0. The van der Waals surface area contributed by atoms with Crippen LogP contribution in [0.15, 0.2) is 24.3 Å². The topological polar surface area (TPSA) is 46.5 Å². The summed E-state index contributed by atoms with van der Waals surface area (Å²) in [6.07, 6.45) is 1.21. The molecule has 2 bridgehead atoms. The first kappa shape index (κ1) is 10.7. The average Bonchev–Trinajstić information content (AvgIpc) is 2.89. The molecule has 0 spiro atoms. The zero-order chi connectivity index (χ0) is 12.0. The van der Waals surface area contributed by atoms with Gasteiger partial charge in [0.25, 0.3) is 0 Å². The van der Waals surface area contributed by atoms with Crippen molar-refractivity contribution in [2.45, 2.75) is 31.0 Å². The van der Waals surface area contributed by atoms with Gasteiger partial charge in [0.1, 0.15) is 5.82 Å². The number of benzene rings is 1. The van der Waals surface area contributed by atoms with Crippen molar-refractivity contribution in [3.63, 3.8) is 0 Å². The minimum atomic E-state index is -0.884. The van der Waals surface area contributed by atoms with E-state index in [2.05, 4.69) is 0 Å². The van der Waals surface area contributed by atoms with E-state index in [1.807, 2.05) is 0 Å². The third-order valence-corrected chi connectivity index (χ3v) is 3.82. The summed E-state index contributed by atoms with van der Waals surface area (Å²) in [5, 5.41) is 9.26. The number of hydrogen-bond acceptors (Lipinski definition) is 2. The van der Waals surface area contributed by atoms with Crippen LogP contribution in [0.2, 0.25) is 0 Å².